The van der Waals surface area contributed by atoms with Crippen molar-refractivity contribution in [1.29, 1.82) is 0 Å². The Labute approximate surface area is 260 Å². The summed E-state index contributed by atoms with van der Waals surface area (Å²) in [6.07, 6.45) is 6.18. The predicted octanol–water partition coefficient (Wildman–Crippen LogP) is 5.83. The highest BCUT2D eigenvalue weighted by Gasteiger charge is 2.22. The Hall–Kier alpha value is -6.11. The van der Waals surface area contributed by atoms with E-state index in [1.165, 1.54) is 69.1 Å². The van der Waals surface area contributed by atoms with Crippen molar-refractivity contribution in [2.45, 2.75) is 6.92 Å². The van der Waals surface area contributed by atoms with Crippen molar-refractivity contribution >= 4 is 22.6 Å². The first-order valence-corrected chi connectivity index (χ1v) is 13.8. The maximum Gasteiger partial charge on any atom is 0.261 e. The molecule has 232 valence electrons. The van der Waals surface area contributed by atoms with Crippen molar-refractivity contribution in [3.05, 3.63) is 112 Å². The van der Waals surface area contributed by atoms with Crippen LogP contribution in [0.2, 0.25) is 0 Å². The summed E-state index contributed by atoms with van der Waals surface area (Å²) in [5, 5.41) is 6.79. The van der Waals surface area contributed by atoms with E-state index in [9.17, 15) is 14.0 Å². The average molecular weight is 625 g/mol. The maximum absolute atomic E-state index is 15.3. The molecule has 0 saturated heterocycles. The van der Waals surface area contributed by atoms with Gasteiger partial charge in [0.25, 0.3) is 11.8 Å². The van der Waals surface area contributed by atoms with Crippen molar-refractivity contribution < 1.29 is 27.8 Å². The van der Waals surface area contributed by atoms with Crippen LogP contribution < -0.4 is 25.0 Å². The van der Waals surface area contributed by atoms with E-state index < -0.39 is 23.0 Å². The first-order valence-electron chi connectivity index (χ1n) is 13.8. The molecule has 1 amide bonds. The molecule has 0 aliphatic carbocycles. The smallest absolute Gasteiger partial charge is 0.261 e. The quantitative estimate of drug-likeness (QED) is 0.225. The number of ether oxygens (including phenoxy) is 3. The number of hydrogen-bond donors (Lipinski definition) is 1. The lowest BCUT2D eigenvalue weighted by molar-refractivity contribution is 0.102. The standard InChI is InChI=1S/C33H26F2N6O5/c1-18-29(19-5-7-20(34)8-6-19)31(42)23(17-41(18)22-15-37-40(2)16-22)32(43)38-21-9-10-26(24(35)13-21)46-27-11-12-36-25-14-28(44-3)33(45-4)39-30(25)27/h5-17H,1-4H3,(H,38,43). The predicted molar refractivity (Wildman–Crippen MR) is 166 cm³/mol. The molecule has 0 spiro atoms. The van der Waals surface area contributed by atoms with Gasteiger partial charge in [0, 0.05) is 60.8 Å². The zero-order chi connectivity index (χ0) is 32.5. The number of fused-ring (bicyclic) bond motifs is 1. The SMILES string of the molecule is COc1cc2nccc(Oc3ccc(NC(=O)c4cn(-c5cnn(C)c5)c(C)c(-c5ccc(F)cc5)c4=O)cc3F)c2nc1OC. The number of methoxy groups -OCH3 is 2. The van der Waals surface area contributed by atoms with Gasteiger partial charge in [0.15, 0.2) is 23.1 Å². The number of rotatable bonds is 8. The van der Waals surface area contributed by atoms with Gasteiger partial charge in [0.2, 0.25) is 5.43 Å². The lowest BCUT2D eigenvalue weighted by Gasteiger charge is -2.16. The molecule has 0 radical (unpaired) electrons. The van der Waals surface area contributed by atoms with Crippen LogP contribution in [0.15, 0.2) is 84.2 Å². The lowest BCUT2D eigenvalue weighted by Crippen LogP contribution is -2.26. The molecule has 4 aromatic heterocycles. The lowest BCUT2D eigenvalue weighted by atomic mass is 10.0. The van der Waals surface area contributed by atoms with E-state index in [-0.39, 0.29) is 34.2 Å². The van der Waals surface area contributed by atoms with Gasteiger partial charge in [0.05, 0.1) is 31.6 Å². The number of aromatic nitrogens is 5. The summed E-state index contributed by atoms with van der Waals surface area (Å²) in [5.41, 5.74) is 1.79. The van der Waals surface area contributed by atoms with Gasteiger partial charge in [-0.2, -0.15) is 5.10 Å². The molecule has 2 aromatic carbocycles. The summed E-state index contributed by atoms with van der Waals surface area (Å²) in [5.74, 6) is -1.38. The Morgan fingerprint density at radius 1 is 0.935 bits per heavy atom. The zero-order valence-electron chi connectivity index (χ0n) is 25.0. The molecule has 0 aliphatic heterocycles. The number of amides is 1. The topological polar surface area (TPSA) is 122 Å². The van der Waals surface area contributed by atoms with Gasteiger partial charge < -0.3 is 24.1 Å². The number of anilines is 1. The zero-order valence-corrected chi connectivity index (χ0v) is 25.0. The molecule has 0 fully saturated rings. The second-order valence-corrected chi connectivity index (χ2v) is 10.2. The van der Waals surface area contributed by atoms with E-state index in [1.807, 2.05) is 0 Å². The molecule has 13 heteroatoms. The third-order valence-electron chi connectivity index (χ3n) is 7.23. The number of carbonyl (C=O) groups is 1. The van der Waals surface area contributed by atoms with Crippen LogP contribution in [0.4, 0.5) is 14.5 Å². The van der Waals surface area contributed by atoms with Gasteiger partial charge in [-0.1, -0.05) is 12.1 Å². The van der Waals surface area contributed by atoms with E-state index >= 15 is 4.39 Å². The fraction of sp³-hybridized carbons (Fsp3) is 0.121. The highest BCUT2D eigenvalue weighted by atomic mass is 19.1. The van der Waals surface area contributed by atoms with Crippen LogP contribution in [0.5, 0.6) is 23.1 Å². The highest BCUT2D eigenvalue weighted by Crippen LogP contribution is 2.35. The third-order valence-corrected chi connectivity index (χ3v) is 7.23. The number of hydrogen-bond acceptors (Lipinski definition) is 8. The van der Waals surface area contributed by atoms with Crippen LogP contribution in [0.25, 0.3) is 27.8 Å². The van der Waals surface area contributed by atoms with Crippen molar-refractivity contribution in [3.63, 3.8) is 0 Å². The molecule has 1 N–H and O–H groups in total. The minimum absolute atomic E-state index is 0.0789. The second kappa shape index (κ2) is 12.1. The Bertz CT molecular complexity index is 2180. The van der Waals surface area contributed by atoms with Crippen LogP contribution >= 0.6 is 0 Å². The molecule has 0 bridgehead atoms. The van der Waals surface area contributed by atoms with Crippen molar-refractivity contribution in [2.75, 3.05) is 19.5 Å². The fourth-order valence-corrected chi connectivity index (χ4v) is 4.99. The molecule has 46 heavy (non-hydrogen) atoms. The van der Waals surface area contributed by atoms with Gasteiger partial charge in [0.1, 0.15) is 16.9 Å². The molecule has 11 nitrogen and oxygen atoms in total. The Balaban J connectivity index is 1.33. The molecule has 0 atom stereocenters. The fourth-order valence-electron chi connectivity index (χ4n) is 4.99. The van der Waals surface area contributed by atoms with E-state index in [2.05, 4.69) is 20.4 Å². The number of benzene rings is 2. The van der Waals surface area contributed by atoms with Crippen LogP contribution in [0.1, 0.15) is 16.1 Å². The van der Waals surface area contributed by atoms with Crippen LogP contribution in [-0.2, 0) is 7.05 Å². The minimum Gasteiger partial charge on any atom is -0.491 e. The molecule has 6 rings (SSSR count). The van der Waals surface area contributed by atoms with Crippen molar-refractivity contribution in [1.82, 2.24) is 24.3 Å². The third kappa shape index (κ3) is 5.61. The normalized spacial score (nSPS) is 11.0. The number of nitrogens with one attached hydrogen (secondary N) is 1. The van der Waals surface area contributed by atoms with Gasteiger partial charge in [-0.3, -0.25) is 19.3 Å². The van der Waals surface area contributed by atoms with E-state index in [0.29, 0.717) is 33.7 Å². The largest absolute Gasteiger partial charge is 0.491 e. The molecule has 4 heterocycles. The molecular formula is C33H26F2N6O5. The second-order valence-electron chi connectivity index (χ2n) is 10.2. The van der Waals surface area contributed by atoms with Gasteiger partial charge >= 0.3 is 0 Å². The molecule has 6 aromatic rings. The molecule has 0 aliphatic rings. The van der Waals surface area contributed by atoms with E-state index in [0.717, 1.165) is 6.07 Å². The van der Waals surface area contributed by atoms with Crippen molar-refractivity contribution in [3.8, 4) is 39.9 Å². The first kappa shape index (κ1) is 29.9. The Kier molecular flexibility index (Phi) is 7.88. The summed E-state index contributed by atoms with van der Waals surface area (Å²) in [7, 11) is 4.65. The van der Waals surface area contributed by atoms with Crippen LogP contribution in [0, 0.1) is 18.6 Å². The van der Waals surface area contributed by atoms with Gasteiger partial charge in [-0.15, -0.1) is 0 Å². The molecule has 0 unspecified atom stereocenters. The monoisotopic (exact) mass is 624 g/mol. The van der Waals surface area contributed by atoms with E-state index in [4.69, 9.17) is 14.2 Å². The summed E-state index contributed by atoms with van der Waals surface area (Å²) in [4.78, 5) is 35.9. The van der Waals surface area contributed by atoms with Crippen LogP contribution in [0.3, 0.4) is 0 Å². The summed E-state index contributed by atoms with van der Waals surface area (Å²) in [6.45, 7) is 1.72. The summed E-state index contributed by atoms with van der Waals surface area (Å²) in [6, 6.07) is 12.4. The van der Waals surface area contributed by atoms with Gasteiger partial charge in [-0.25, -0.2) is 13.8 Å². The maximum atomic E-state index is 15.3. The minimum atomic E-state index is -0.785. The number of aryl methyl sites for hydroxylation is 1. The molecular weight excluding hydrogens is 598 g/mol. The Morgan fingerprint density at radius 3 is 2.39 bits per heavy atom. The van der Waals surface area contributed by atoms with Crippen molar-refractivity contribution in [2.24, 2.45) is 7.05 Å². The Morgan fingerprint density at radius 2 is 1.72 bits per heavy atom. The average Bonchev–Trinajstić information content (AvgIpc) is 3.48. The van der Waals surface area contributed by atoms with Gasteiger partial charge in [-0.05, 0) is 36.8 Å². The number of pyridine rings is 3. The van der Waals surface area contributed by atoms with Crippen LogP contribution in [-0.4, -0.2) is 44.4 Å². The first-order chi connectivity index (χ1) is 22.2. The number of nitrogens with zero attached hydrogens (tertiary/aromatic N) is 5. The summed E-state index contributed by atoms with van der Waals surface area (Å²) >= 11 is 0. The molecule has 0 saturated carbocycles. The highest BCUT2D eigenvalue weighted by molar-refractivity contribution is 6.05. The summed E-state index contributed by atoms with van der Waals surface area (Å²) < 4.78 is 48.6. The number of carbonyl (C=O) groups excluding carboxylic acids is 1. The van der Waals surface area contributed by atoms with E-state index in [1.54, 1.807) is 41.7 Å². The number of halogens is 2.